The number of piperazine rings is 1. The molecule has 0 aliphatic carbocycles. The summed E-state index contributed by atoms with van der Waals surface area (Å²) in [5.74, 6) is 0.559. The molecule has 1 unspecified atom stereocenters. The first kappa shape index (κ1) is 23.4. The van der Waals surface area contributed by atoms with Gasteiger partial charge in [-0.15, -0.1) is 0 Å². The van der Waals surface area contributed by atoms with Crippen LogP contribution in [0.5, 0.6) is 0 Å². The zero-order chi connectivity index (χ0) is 22.6. The minimum absolute atomic E-state index is 0.0332. The van der Waals surface area contributed by atoms with Crippen molar-refractivity contribution in [3.05, 3.63) is 35.4 Å². The Hall–Kier alpha value is -2.29. The van der Waals surface area contributed by atoms with Gasteiger partial charge in [-0.3, -0.25) is 9.69 Å². The van der Waals surface area contributed by atoms with E-state index in [4.69, 9.17) is 4.84 Å². The number of alkyl halides is 3. The highest BCUT2D eigenvalue weighted by Gasteiger charge is 2.39. The van der Waals surface area contributed by atoms with Gasteiger partial charge in [0.2, 0.25) is 6.41 Å². The molecule has 2 heterocycles. The second-order valence-corrected chi connectivity index (χ2v) is 8.53. The average molecular weight is 441 g/mol. The smallest absolute Gasteiger partial charge is 0.394 e. The summed E-state index contributed by atoms with van der Waals surface area (Å²) >= 11 is 0. The fourth-order valence-electron chi connectivity index (χ4n) is 4.39. The minimum atomic E-state index is -4.37. The zero-order valence-electron chi connectivity index (χ0n) is 18.4. The van der Waals surface area contributed by atoms with Gasteiger partial charge in [0.05, 0.1) is 5.56 Å². The summed E-state index contributed by atoms with van der Waals surface area (Å²) in [5.41, 5.74) is -0.0439. The van der Waals surface area contributed by atoms with Crippen molar-refractivity contribution in [2.75, 3.05) is 39.3 Å². The number of likely N-dealkylation sites (tertiary alicyclic amines) is 1. The third-order valence-corrected chi connectivity index (χ3v) is 6.44. The number of amidine groups is 1. The van der Waals surface area contributed by atoms with Gasteiger partial charge in [-0.1, -0.05) is 17.3 Å². The van der Waals surface area contributed by atoms with E-state index in [0.717, 1.165) is 57.6 Å². The van der Waals surface area contributed by atoms with Crippen molar-refractivity contribution in [3.8, 4) is 0 Å². The molecular formula is C22H31F3N4O2. The Kier molecular flexibility index (Phi) is 7.13. The van der Waals surface area contributed by atoms with Gasteiger partial charge in [-0.05, 0) is 45.7 Å². The van der Waals surface area contributed by atoms with Crippen molar-refractivity contribution in [2.24, 2.45) is 5.16 Å². The fraction of sp³-hybridized carbons (Fsp3) is 0.636. The van der Waals surface area contributed by atoms with Crippen LogP contribution in [0.2, 0.25) is 0 Å². The monoisotopic (exact) mass is 440 g/mol. The van der Waals surface area contributed by atoms with Crippen LogP contribution in [-0.4, -0.2) is 77.9 Å². The first-order chi connectivity index (χ1) is 14.7. The summed E-state index contributed by atoms with van der Waals surface area (Å²) in [7, 11) is 0. The Morgan fingerprint density at radius 3 is 2.35 bits per heavy atom. The van der Waals surface area contributed by atoms with Gasteiger partial charge in [-0.2, -0.15) is 13.2 Å². The van der Waals surface area contributed by atoms with Crippen LogP contribution in [0, 0.1) is 0 Å². The van der Waals surface area contributed by atoms with Gasteiger partial charge in [0.25, 0.3) is 0 Å². The van der Waals surface area contributed by atoms with E-state index < -0.39 is 11.7 Å². The summed E-state index contributed by atoms with van der Waals surface area (Å²) in [6, 6.07) is 5.18. The van der Waals surface area contributed by atoms with Crippen LogP contribution in [0.1, 0.15) is 44.7 Å². The molecule has 2 saturated heterocycles. The molecular weight excluding hydrogens is 409 g/mol. The molecule has 0 spiro atoms. The van der Waals surface area contributed by atoms with E-state index in [0.29, 0.717) is 24.6 Å². The van der Waals surface area contributed by atoms with Gasteiger partial charge in [0, 0.05) is 49.9 Å². The number of benzene rings is 1. The Bertz CT molecular complexity index is 774. The highest BCUT2D eigenvalue weighted by atomic mass is 19.4. The van der Waals surface area contributed by atoms with Crippen LogP contribution in [0.25, 0.3) is 0 Å². The Morgan fingerprint density at radius 1 is 1.19 bits per heavy atom. The molecule has 0 bridgehead atoms. The predicted molar refractivity (Wildman–Crippen MR) is 113 cm³/mol. The number of halogens is 3. The molecule has 3 rings (SSSR count). The van der Waals surface area contributed by atoms with Crippen LogP contribution < -0.4 is 0 Å². The van der Waals surface area contributed by atoms with E-state index in [1.54, 1.807) is 0 Å². The lowest BCUT2D eigenvalue weighted by atomic mass is 9.86. The number of nitrogens with zero attached hydrogens (tertiary/aromatic N) is 4. The molecule has 172 valence electrons. The van der Waals surface area contributed by atoms with Crippen molar-refractivity contribution in [3.63, 3.8) is 0 Å². The van der Waals surface area contributed by atoms with E-state index in [1.807, 2.05) is 11.8 Å². The average Bonchev–Trinajstić information content (AvgIpc) is 2.75. The molecule has 1 amide bonds. The Morgan fingerprint density at radius 2 is 1.84 bits per heavy atom. The summed E-state index contributed by atoms with van der Waals surface area (Å²) in [6.45, 7) is 10.4. The maximum atomic E-state index is 12.9. The van der Waals surface area contributed by atoms with Gasteiger partial charge in [-0.25, -0.2) is 0 Å². The lowest BCUT2D eigenvalue weighted by molar-refractivity contribution is -0.137. The Labute approximate surface area is 181 Å². The lowest BCUT2D eigenvalue weighted by Gasteiger charge is -2.51. The zero-order valence-corrected chi connectivity index (χ0v) is 18.4. The molecule has 2 aliphatic heterocycles. The van der Waals surface area contributed by atoms with Gasteiger partial charge < -0.3 is 14.6 Å². The molecule has 6 nitrogen and oxygen atoms in total. The maximum Gasteiger partial charge on any atom is 0.416 e. The molecule has 1 atom stereocenters. The van der Waals surface area contributed by atoms with Crippen molar-refractivity contribution in [1.29, 1.82) is 0 Å². The largest absolute Gasteiger partial charge is 0.416 e. The van der Waals surface area contributed by atoms with Gasteiger partial charge in [0.1, 0.15) is 6.61 Å². The van der Waals surface area contributed by atoms with Gasteiger partial charge >= 0.3 is 6.18 Å². The van der Waals surface area contributed by atoms with E-state index in [9.17, 15) is 18.0 Å². The van der Waals surface area contributed by atoms with E-state index in [2.05, 4.69) is 28.8 Å². The molecule has 9 heteroatoms. The molecule has 2 fully saturated rings. The topological polar surface area (TPSA) is 48.4 Å². The standard InChI is InChI=1S/C22H31F3N4O2/c1-4-31-26-20(18-5-7-19(8-6-18)22(23,24)25)29-14-13-28(15-17(29)2)21(3)9-11-27(16-30)12-10-21/h5-8,16-17H,4,9-15H2,1-3H3/b26-20+. The lowest BCUT2D eigenvalue weighted by Crippen LogP contribution is -2.62. The predicted octanol–water partition coefficient (Wildman–Crippen LogP) is 3.42. The highest BCUT2D eigenvalue weighted by Crippen LogP contribution is 2.32. The van der Waals surface area contributed by atoms with Crippen LogP contribution >= 0.6 is 0 Å². The summed E-state index contributed by atoms with van der Waals surface area (Å²) in [6.07, 6.45) is -1.60. The second-order valence-electron chi connectivity index (χ2n) is 8.53. The number of hydrogen-bond acceptors (Lipinski definition) is 4. The number of amides is 1. The molecule has 1 aromatic carbocycles. The summed E-state index contributed by atoms with van der Waals surface area (Å²) in [4.78, 5) is 22.7. The van der Waals surface area contributed by atoms with Crippen molar-refractivity contribution < 1.29 is 22.8 Å². The maximum absolute atomic E-state index is 12.9. The third-order valence-electron chi connectivity index (χ3n) is 6.44. The minimum Gasteiger partial charge on any atom is -0.394 e. The number of piperidine rings is 1. The number of rotatable bonds is 5. The number of oxime groups is 1. The second kappa shape index (κ2) is 9.46. The van der Waals surface area contributed by atoms with Crippen molar-refractivity contribution >= 4 is 12.2 Å². The van der Waals surface area contributed by atoms with Crippen LogP contribution in [-0.2, 0) is 15.8 Å². The molecule has 0 N–H and O–H groups in total. The number of carbonyl (C=O) groups excluding carboxylic acids is 1. The van der Waals surface area contributed by atoms with E-state index in [1.165, 1.54) is 12.1 Å². The summed E-state index contributed by atoms with van der Waals surface area (Å²) in [5, 5.41) is 4.25. The van der Waals surface area contributed by atoms with E-state index in [-0.39, 0.29) is 11.6 Å². The van der Waals surface area contributed by atoms with Crippen LogP contribution in [0.15, 0.2) is 29.4 Å². The first-order valence-electron chi connectivity index (χ1n) is 10.8. The first-order valence-corrected chi connectivity index (χ1v) is 10.8. The molecule has 0 radical (unpaired) electrons. The quantitative estimate of drug-likeness (QED) is 0.305. The molecule has 31 heavy (non-hydrogen) atoms. The fourth-order valence-corrected chi connectivity index (χ4v) is 4.39. The molecule has 0 saturated carbocycles. The van der Waals surface area contributed by atoms with E-state index >= 15 is 0 Å². The SMILES string of the molecule is CCO/N=C(\c1ccc(C(F)(F)F)cc1)N1CCN(C2(C)CCN(C=O)CC2)CC1C. The van der Waals surface area contributed by atoms with Crippen molar-refractivity contribution in [1.82, 2.24) is 14.7 Å². The number of hydrogen-bond donors (Lipinski definition) is 0. The van der Waals surface area contributed by atoms with Crippen LogP contribution in [0.4, 0.5) is 13.2 Å². The van der Waals surface area contributed by atoms with Crippen molar-refractivity contribution in [2.45, 2.75) is 51.4 Å². The molecule has 2 aliphatic rings. The summed E-state index contributed by atoms with van der Waals surface area (Å²) < 4.78 is 38.8. The third kappa shape index (κ3) is 5.31. The molecule has 1 aromatic rings. The highest BCUT2D eigenvalue weighted by molar-refractivity contribution is 5.98. The Balaban J connectivity index is 1.74. The molecule has 0 aromatic heterocycles. The number of carbonyl (C=O) groups is 1. The van der Waals surface area contributed by atoms with Crippen LogP contribution in [0.3, 0.4) is 0 Å². The van der Waals surface area contributed by atoms with Gasteiger partial charge in [0.15, 0.2) is 5.84 Å². The normalized spacial score (nSPS) is 23.0.